The van der Waals surface area contributed by atoms with E-state index in [1.54, 1.807) is 4.68 Å². The maximum atomic E-state index is 11.6. The van der Waals surface area contributed by atoms with Crippen molar-refractivity contribution < 1.29 is 13.5 Å². The van der Waals surface area contributed by atoms with Crippen LogP contribution in [0.2, 0.25) is 0 Å². The predicted molar refractivity (Wildman–Crippen MR) is 82.9 cm³/mol. The van der Waals surface area contributed by atoms with Gasteiger partial charge in [-0.15, -0.1) is 5.10 Å². The average molecular weight is 340 g/mol. The number of aryl methyl sites for hydroxylation is 2. The number of rotatable bonds is 3. The summed E-state index contributed by atoms with van der Waals surface area (Å²) in [5, 5.41) is 21.6. The Balaban J connectivity index is 1.90. The monoisotopic (exact) mass is 340 g/mol. The molecule has 0 spiro atoms. The fourth-order valence-electron chi connectivity index (χ4n) is 2.49. The first-order chi connectivity index (χ1) is 10.4. The molecule has 0 amide bonds. The van der Waals surface area contributed by atoms with Gasteiger partial charge in [0.1, 0.15) is 0 Å². The van der Waals surface area contributed by atoms with Crippen LogP contribution in [0.4, 0.5) is 0 Å². The van der Waals surface area contributed by atoms with Gasteiger partial charge in [-0.25, -0.2) is 8.42 Å². The molecule has 0 aliphatic carbocycles. The van der Waals surface area contributed by atoms with Crippen molar-refractivity contribution in [1.29, 1.82) is 0 Å². The molecule has 0 bridgehead atoms. The van der Waals surface area contributed by atoms with Crippen LogP contribution in [0.3, 0.4) is 0 Å². The summed E-state index contributed by atoms with van der Waals surface area (Å²) in [6.45, 7) is 3.97. The van der Waals surface area contributed by atoms with Crippen LogP contribution in [0.25, 0.3) is 5.69 Å². The van der Waals surface area contributed by atoms with E-state index in [2.05, 4.69) is 15.5 Å². The van der Waals surface area contributed by atoms with Gasteiger partial charge in [-0.3, -0.25) is 0 Å². The van der Waals surface area contributed by atoms with Crippen LogP contribution < -0.4 is 0 Å². The normalized spacial score (nSPS) is 23.8. The van der Waals surface area contributed by atoms with E-state index in [0.717, 1.165) is 16.8 Å². The average Bonchev–Trinajstić information content (AvgIpc) is 2.94. The number of hydrogen-bond acceptors (Lipinski definition) is 7. The van der Waals surface area contributed by atoms with Crippen LogP contribution in [-0.2, 0) is 9.84 Å². The van der Waals surface area contributed by atoms with E-state index in [1.807, 2.05) is 32.0 Å². The van der Waals surface area contributed by atoms with Crippen molar-refractivity contribution in [2.75, 3.05) is 11.5 Å². The van der Waals surface area contributed by atoms with Crippen LogP contribution >= 0.6 is 11.8 Å². The highest BCUT2D eigenvalue weighted by Gasteiger charge is 2.38. The Hall–Kier alpha value is -1.45. The molecule has 0 radical (unpaired) electrons. The Morgan fingerprint density at radius 1 is 1.32 bits per heavy atom. The summed E-state index contributed by atoms with van der Waals surface area (Å²) in [7, 11) is -3.19. The zero-order chi connectivity index (χ0) is 15.9. The van der Waals surface area contributed by atoms with Gasteiger partial charge in [-0.2, -0.15) is 4.68 Å². The number of aliphatic hydroxyl groups excluding tert-OH is 1. The Bertz CT molecular complexity index is 803. The third kappa shape index (κ3) is 3.01. The first kappa shape index (κ1) is 15.4. The fourth-order valence-corrected chi connectivity index (χ4v) is 5.96. The molecule has 0 unspecified atom stereocenters. The zero-order valence-corrected chi connectivity index (χ0v) is 13.8. The minimum absolute atomic E-state index is 0.0570. The van der Waals surface area contributed by atoms with Gasteiger partial charge in [0.05, 0.1) is 28.5 Å². The Kier molecular flexibility index (Phi) is 3.96. The van der Waals surface area contributed by atoms with Gasteiger partial charge >= 0.3 is 0 Å². The number of aromatic nitrogens is 4. The molecule has 7 nitrogen and oxygen atoms in total. The summed E-state index contributed by atoms with van der Waals surface area (Å²) in [6, 6.07) is 5.92. The van der Waals surface area contributed by atoms with Crippen LogP contribution in [0, 0.1) is 13.8 Å². The molecule has 118 valence electrons. The van der Waals surface area contributed by atoms with E-state index in [0.29, 0.717) is 5.16 Å². The molecule has 2 atom stereocenters. The minimum atomic E-state index is -3.19. The van der Waals surface area contributed by atoms with Crippen molar-refractivity contribution in [3.63, 3.8) is 0 Å². The lowest BCUT2D eigenvalue weighted by atomic mass is 10.1. The number of tetrazole rings is 1. The van der Waals surface area contributed by atoms with Gasteiger partial charge in [0.15, 0.2) is 9.84 Å². The summed E-state index contributed by atoms with van der Waals surface area (Å²) in [6.07, 6.45) is -0.890. The van der Waals surface area contributed by atoms with Crippen molar-refractivity contribution >= 4 is 21.6 Å². The lowest BCUT2D eigenvalue weighted by Crippen LogP contribution is -2.20. The predicted octanol–water partition coefficient (Wildman–Crippen LogP) is 0.529. The summed E-state index contributed by atoms with van der Waals surface area (Å²) < 4.78 is 24.8. The lowest BCUT2D eigenvalue weighted by molar-refractivity contribution is 0.207. The summed E-state index contributed by atoms with van der Waals surface area (Å²) in [5.41, 5.74) is 3.00. The smallest absolute Gasteiger partial charge is 0.214 e. The third-order valence-electron chi connectivity index (χ3n) is 3.55. The molecule has 2 heterocycles. The van der Waals surface area contributed by atoms with Gasteiger partial charge in [0, 0.05) is 0 Å². The van der Waals surface area contributed by atoms with Gasteiger partial charge in [-0.1, -0.05) is 29.5 Å². The first-order valence-corrected chi connectivity index (χ1v) is 9.47. The summed E-state index contributed by atoms with van der Waals surface area (Å²) >= 11 is 1.20. The quantitative estimate of drug-likeness (QED) is 0.870. The standard InChI is InChI=1S/C13H16N4O3S2/c1-8-3-4-10(9(2)5-8)17-13(14-15-16-17)21-12-7-22(19,20)6-11(12)18/h3-5,11-12,18H,6-7H2,1-2H3/t11-,12+/m0/s1. The Morgan fingerprint density at radius 2 is 2.09 bits per heavy atom. The number of hydrogen-bond donors (Lipinski definition) is 1. The second-order valence-corrected chi connectivity index (χ2v) is 8.82. The molecule has 1 aromatic heterocycles. The maximum absolute atomic E-state index is 11.6. The van der Waals surface area contributed by atoms with Gasteiger partial charge < -0.3 is 5.11 Å². The first-order valence-electron chi connectivity index (χ1n) is 6.77. The molecular formula is C13H16N4O3S2. The second kappa shape index (κ2) is 5.64. The van der Waals surface area contributed by atoms with Crippen LogP contribution in [0.5, 0.6) is 0 Å². The van der Waals surface area contributed by atoms with E-state index in [9.17, 15) is 13.5 Å². The van der Waals surface area contributed by atoms with Crippen molar-refractivity contribution in [2.45, 2.75) is 30.4 Å². The summed E-state index contributed by atoms with van der Waals surface area (Å²) in [5.74, 6) is -0.256. The second-order valence-electron chi connectivity index (χ2n) is 5.46. The van der Waals surface area contributed by atoms with Crippen molar-refractivity contribution in [3.05, 3.63) is 29.3 Å². The van der Waals surface area contributed by atoms with Crippen LogP contribution in [-0.4, -0.2) is 56.6 Å². The topological polar surface area (TPSA) is 98.0 Å². The largest absolute Gasteiger partial charge is 0.391 e. The highest BCUT2D eigenvalue weighted by molar-refractivity contribution is 8.01. The number of aliphatic hydroxyl groups is 1. The molecule has 0 saturated carbocycles. The molecule has 1 aliphatic heterocycles. The Morgan fingerprint density at radius 3 is 2.73 bits per heavy atom. The van der Waals surface area contributed by atoms with Crippen molar-refractivity contribution in [2.24, 2.45) is 0 Å². The van der Waals surface area contributed by atoms with Gasteiger partial charge in [0.2, 0.25) is 5.16 Å². The van der Waals surface area contributed by atoms with Crippen LogP contribution in [0.1, 0.15) is 11.1 Å². The van der Waals surface area contributed by atoms with Gasteiger partial charge in [0.25, 0.3) is 0 Å². The molecule has 9 heteroatoms. The minimum Gasteiger partial charge on any atom is -0.391 e. The van der Waals surface area contributed by atoms with E-state index in [4.69, 9.17) is 0 Å². The highest BCUT2D eigenvalue weighted by atomic mass is 32.2. The molecule has 1 aromatic carbocycles. The van der Waals surface area contributed by atoms with E-state index in [1.165, 1.54) is 11.8 Å². The maximum Gasteiger partial charge on any atom is 0.214 e. The molecule has 1 aliphatic rings. The van der Waals surface area contributed by atoms with E-state index >= 15 is 0 Å². The van der Waals surface area contributed by atoms with Crippen LogP contribution in [0.15, 0.2) is 23.4 Å². The third-order valence-corrected chi connectivity index (χ3v) is 6.73. The number of benzene rings is 1. The van der Waals surface area contributed by atoms with E-state index < -0.39 is 21.2 Å². The molecule has 1 saturated heterocycles. The fraction of sp³-hybridized carbons (Fsp3) is 0.462. The van der Waals surface area contributed by atoms with Crippen molar-refractivity contribution in [1.82, 2.24) is 20.2 Å². The van der Waals surface area contributed by atoms with Gasteiger partial charge in [-0.05, 0) is 35.9 Å². The molecule has 1 fully saturated rings. The SMILES string of the molecule is Cc1ccc(-n2nnnc2S[C@@H]2CS(=O)(=O)C[C@@H]2O)c(C)c1. The Labute approximate surface area is 132 Å². The van der Waals surface area contributed by atoms with E-state index in [-0.39, 0.29) is 11.5 Å². The lowest BCUT2D eigenvalue weighted by Gasteiger charge is -2.12. The molecular weight excluding hydrogens is 324 g/mol. The number of sulfone groups is 1. The molecule has 22 heavy (non-hydrogen) atoms. The number of nitrogens with zero attached hydrogens (tertiary/aromatic N) is 4. The molecule has 2 aromatic rings. The van der Waals surface area contributed by atoms with Crippen molar-refractivity contribution in [3.8, 4) is 5.69 Å². The molecule has 1 N–H and O–H groups in total. The highest BCUT2D eigenvalue weighted by Crippen LogP contribution is 2.31. The molecule has 3 rings (SSSR count). The summed E-state index contributed by atoms with van der Waals surface area (Å²) in [4.78, 5) is 0. The zero-order valence-electron chi connectivity index (χ0n) is 12.2. The number of thioether (sulfide) groups is 1.